The SMILES string of the molecule is CCOc1cc(F)ccc1NC(=O)C(C)CCCN. The summed E-state index contributed by atoms with van der Waals surface area (Å²) in [7, 11) is 0. The maximum Gasteiger partial charge on any atom is 0.227 e. The highest BCUT2D eigenvalue weighted by Crippen LogP contribution is 2.26. The van der Waals surface area contributed by atoms with Crippen LogP contribution in [0.3, 0.4) is 0 Å². The Morgan fingerprint density at radius 2 is 2.26 bits per heavy atom. The third-order valence-electron chi connectivity index (χ3n) is 2.79. The van der Waals surface area contributed by atoms with E-state index in [9.17, 15) is 9.18 Å². The highest BCUT2D eigenvalue weighted by atomic mass is 19.1. The number of nitrogens with two attached hydrogens (primary N) is 1. The summed E-state index contributed by atoms with van der Waals surface area (Å²) in [5, 5.41) is 2.76. The molecule has 0 heterocycles. The van der Waals surface area contributed by atoms with E-state index >= 15 is 0 Å². The van der Waals surface area contributed by atoms with Crippen LogP contribution < -0.4 is 15.8 Å². The van der Waals surface area contributed by atoms with Crippen LogP contribution in [-0.4, -0.2) is 19.1 Å². The van der Waals surface area contributed by atoms with Crippen molar-refractivity contribution in [3.8, 4) is 5.75 Å². The first-order valence-corrected chi connectivity index (χ1v) is 6.51. The largest absolute Gasteiger partial charge is 0.492 e. The molecule has 0 aliphatic carbocycles. The number of rotatable bonds is 7. The quantitative estimate of drug-likeness (QED) is 0.798. The molecule has 1 rings (SSSR count). The molecule has 5 heteroatoms. The lowest BCUT2D eigenvalue weighted by atomic mass is 10.0. The predicted octanol–water partition coefficient (Wildman–Crippen LogP) is 2.54. The number of anilines is 1. The van der Waals surface area contributed by atoms with Crippen molar-refractivity contribution in [1.82, 2.24) is 0 Å². The second-order valence-electron chi connectivity index (χ2n) is 4.39. The normalized spacial score (nSPS) is 12.0. The van der Waals surface area contributed by atoms with Gasteiger partial charge >= 0.3 is 0 Å². The van der Waals surface area contributed by atoms with Crippen LogP contribution in [0.25, 0.3) is 0 Å². The standard InChI is InChI=1S/C14H21FN2O2/c1-3-19-13-9-11(15)6-7-12(13)17-14(18)10(2)5-4-8-16/h6-7,9-10H,3-5,8,16H2,1-2H3,(H,17,18). The van der Waals surface area contributed by atoms with Crippen molar-refractivity contribution < 1.29 is 13.9 Å². The van der Waals surface area contributed by atoms with E-state index in [1.54, 1.807) is 6.92 Å². The maximum atomic E-state index is 13.1. The summed E-state index contributed by atoms with van der Waals surface area (Å²) in [6.45, 7) is 4.63. The van der Waals surface area contributed by atoms with E-state index in [-0.39, 0.29) is 11.8 Å². The molecule has 19 heavy (non-hydrogen) atoms. The molecule has 0 bridgehead atoms. The van der Waals surface area contributed by atoms with Crippen molar-refractivity contribution in [3.63, 3.8) is 0 Å². The zero-order chi connectivity index (χ0) is 14.3. The zero-order valence-corrected chi connectivity index (χ0v) is 11.4. The highest BCUT2D eigenvalue weighted by molar-refractivity contribution is 5.93. The van der Waals surface area contributed by atoms with Crippen LogP contribution in [0, 0.1) is 11.7 Å². The van der Waals surface area contributed by atoms with Gasteiger partial charge < -0.3 is 15.8 Å². The summed E-state index contributed by atoms with van der Waals surface area (Å²) in [6.07, 6.45) is 1.53. The number of halogens is 1. The van der Waals surface area contributed by atoms with Crippen molar-refractivity contribution in [2.75, 3.05) is 18.5 Å². The number of nitrogens with one attached hydrogen (secondary N) is 1. The molecule has 0 radical (unpaired) electrons. The summed E-state index contributed by atoms with van der Waals surface area (Å²) >= 11 is 0. The van der Waals surface area contributed by atoms with Gasteiger partial charge in [-0.2, -0.15) is 0 Å². The molecule has 4 nitrogen and oxygen atoms in total. The van der Waals surface area contributed by atoms with E-state index < -0.39 is 5.82 Å². The van der Waals surface area contributed by atoms with E-state index in [1.165, 1.54) is 18.2 Å². The van der Waals surface area contributed by atoms with E-state index in [0.717, 1.165) is 12.8 Å². The minimum absolute atomic E-state index is 0.110. The molecule has 0 aromatic heterocycles. The lowest BCUT2D eigenvalue weighted by Crippen LogP contribution is -2.21. The fraction of sp³-hybridized carbons (Fsp3) is 0.500. The topological polar surface area (TPSA) is 64.3 Å². The lowest BCUT2D eigenvalue weighted by Gasteiger charge is -2.14. The molecular formula is C14H21FN2O2. The Morgan fingerprint density at radius 1 is 1.53 bits per heavy atom. The number of hydrogen-bond acceptors (Lipinski definition) is 3. The Hall–Kier alpha value is -1.62. The third-order valence-corrected chi connectivity index (χ3v) is 2.79. The molecule has 3 N–H and O–H groups in total. The summed E-state index contributed by atoms with van der Waals surface area (Å²) in [5.41, 5.74) is 5.91. The number of carbonyl (C=O) groups excluding carboxylic acids is 1. The van der Waals surface area contributed by atoms with Crippen LogP contribution in [0.4, 0.5) is 10.1 Å². The molecule has 1 amide bonds. The Bertz CT molecular complexity index is 424. The minimum atomic E-state index is -0.391. The van der Waals surface area contributed by atoms with E-state index in [0.29, 0.717) is 24.6 Å². The monoisotopic (exact) mass is 268 g/mol. The number of benzene rings is 1. The Labute approximate surface area is 113 Å². The number of hydrogen-bond donors (Lipinski definition) is 2. The van der Waals surface area contributed by atoms with E-state index in [1.807, 2.05) is 6.92 Å². The molecule has 0 aliphatic rings. The Morgan fingerprint density at radius 3 is 2.89 bits per heavy atom. The van der Waals surface area contributed by atoms with Gasteiger partial charge in [-0.05, 0) is 38.4 Å². The molecule has 0 fully saturated rings. The third kappa shape index (κ3) is 4.87. The molecule has 0 saturated carbocycles. The smallest absolute Gasteiger partial charge is 0.227 e. The highest BCUT2D eigenvalue weighted by Gasteiger charge is 2.15. The van der Waals surface area contributed by atoms with Crippen molar-refractivity contribution in [2.45, 2.75) is 26.7 Å². The second-order valence-corrected chi connectivity index (χ2v) is 4.39. The molecular weight excluding hydrogens is 247 g/mol. The first-order chi connectivity index (χ1) is 9.08. The van der Waals surface area contributed by atoms with Crippen LogP contribution in [0.1, 0.15) is 26.7 Å². The number of amides is 1. The van der Waals surface area contributed by atoms with Gasteiger partial charge in [0, 0.05) is 12.0 Å². The molecule has 1 aromatic rings. The van der Waals surface area contributed by atoms with Crippen molar-refractivity contribution in [2.24, 2.45) is 11.7 Å². The van der Waals surface area contributed by atoms with Crippen LogP contribution in [-0.2, 0) is 4.79 Å². The molecule has 0 spiro atoms. The van der Waals surface area contributed by atoms with Gasteiger partial charge in [-0.25, -0.2) is 4.39 Å². The fourth-order valence-electron chi connectivity index (χ4n) is 1.69. The van der Waals surface area contributed by atoms with Gasteiger partial charge in [-0.15, -0.1) is 0 Å². The summed E-state index contributed by atoms with van der Waals surface area (Å²) in [4.78, 5) is 12.0. The molecule has 0 aliphatic heterocycles. The maximum absolute atomic E-state index is 13.1. The van der Waals surface area contributed by atoms with E-state index in [2.05, 4.69) is 5.32 Å². The van der Waals surface area contributed by atoms with Crippen LogP contribution in [0.5, 0.6) is 5.75 Å². The lowest BCUT2D eigenvalue weighted by molar-refractivity contribution is -0.119. The van der Waals surface area contributed by atoms with Gasteiger partial charge in [0.05, 0.1) is 12.3 Å². The van der Waals surface area contributed by atoms with Gasteiger partial charge in [0.1, 0.15) is 11.6 Å². The number of carbonyl (C=O) groups is 1. The van der Waals surface area contributed by atoms with Gasteiger partial charge in [-0.1, -0.05) is 6.92 Å². The fourth-order valence-corrected chi connectivity index (χ4v) is 1.69. The summed E-state index contributed by atoms with van der Waals surface area (Å²) in [5.74, 6) is -0.288. The minimum Gasteiger partial charge on any atom is -0.492 e. The molecule has 1 unspecified atom stereocenters. The average Bonchev–Trinajstić information content (AvgIpc) is 2.39. The van der Waals surface area contributed by atoms with Crippen molar-refractivity contribution in [3.05, 3.63) is 24.0 Å². The average molecular weight is 268 g/mol. The predicted molar refractivity (Wildman–Crippen MR) is 73.7 cm³/mol. The van der Waals surface area contributed by atoms with Crippen LogP contribution in [0.2, 0.25) is 0 Å². The second kappa shape index (κ2) is 7.74. The zero-order valence-electron chi connectivity index (χ0n) is 11.4. The molecule has 1 atom stereocenters. The van der Waals surface area contributed by atoms with Gasteiger partial charge in [0.2, 0.25) is 5.91 Å². The molecule has 106 valence electrons. The van der Waals surface area contributed by atoms with Gasteiger partial charge in [0.15, 0.2) is 0 Å². The Kier molecular flexibility index (Phi) is 6.29. The summed E-state index contributed by atoms with van der Waals surface area (Å²) in [6, 6.07) is 4.07. The Balaban J connectivity index is 2.72. The van der Waals surface area contributed by atoms with Gasteiger partial charge in [0.25, 0.3) is 0 Å². The van der Waals surface area contributed by atoms with Crippen molar-refractivity contribution in [1.29, 1.82) is 0 Å². The molecule has 0 saturated heterocycles. The number of ether oxygens (including phenoxy) is 1. The first kappa shape index (κ1) is 15.4. The van der Waals surface area contributed by atoms with Crippen LogP contribution in [0.15, 0.2) is 18.2 Å². The summed E-state index contributed by atoms with van der Waals surface area (Å²) < 4.78 is 18.4. The van der Waals surface area contributed by atoms with E-state index in [4.69, 9.17) is 10.5 Å². The van der Waals surface area contributed by atoms with Crippen LogP contribution >= 0.6 is 0 Å². The first-order valence-electron chi connectivity index (χ1n) is 6.51. The molecule has 1 aromatic carbocycles. The van der Waals surface area contributed by atoms with Crippen molar-refractivity contribution >= 4 is 11.6 Å². The van der Waals surface area contributed by atoms with Gasteiger partial charge in [-0.3, -0.25) is 4.79 Å².